The van der Waals surface area contributed by atoms with Crippen LogP contribution in [0.2, 0.25) is 0 Å². The number of ether oxygens (including phenoxy) is 1. The Hall–Kier alpha value is -3.72. The number of hydrogen-bond acceptors (Lipinski definition) is 5. The average molecular weight is 495 g/mol. The van der Waals surface area contributed by atoms with Gasteiger partial charge in [0, 0.05) is 18.4 Å². The van der Waals surface area contributed by atoms with Crippen molar-refractivity contribution in [3.8, 4) is 16.9 Å². The molecule has 1 N–H and O–H groups in total. The summed E-state index contributed by atoms with van der Waals surface area (Å²) >= 11 is 1.47. The van der Waals surface area contributed by atoms with Crippen molar-refractivity contribution >= 4 is 17.7 Å². The standard InChI is InChI=1S/C26H24F2N4O2S/c1-17(29-25(33)20-7-3-5-18(15-20)19-6-4-8-22(28)16-19)24-30-31-26(32(24)2)35-14-13-34-23-11-9-21(27)10-12-23/h3-12,15-17H,13-14H2,1-2H3,(H,29,33)/t17-/m0/s1. The minimum atomic E-state index is -0.386. The minimum absolute atomic E-state index is 0.263. The van der Waals surface area contributed by atoms with Gasteiger partial charge in [0.2, 0.25) is 0 Å². The largest absolute Gasteiger partial charge is 0.493 e. The van der Waals surface area contributed by atoms with Gasteiger partial charge in [-0.1, -0.05) is 36.0 Å². The van der Waals surface area contributed by atoms with E-state index in [1.165, 1.54) is 36.0 Å². The number of benzene rings is 3. The molecule has 0 aliphatic carbocycles. The van der Waals surface area contributed by atoms with Crippen LogP contribution in [0.3, 0.4) is 0 Å². The van der Waals surface area contributed by atoms with Crippen molar-refractivity contribution in [3.05, 3.63) is 95.8 Å². The number of thioether (sulfide) groups is 1. The molecule has 180 valence electrons. The molecule has 0 unspecified atom stereocenters. The van der Waals surface area contributed by atoms with Crippen LogP contribution in [-0.2, 0) is 7.05 Å². The molecule has 0 radical (unpaired) electrons. The van der Waals surface area contributed by atoms with Gasteiger partial charge in [-0.2, -0.15) is 0 Å². The van der Waals surface area contributed by atoms with Gasteiger partial charge >= 0.3 is 0 Å². The van der Waals surface area contributed by atoms with E-state index in [9.17, 15) is 13.6 Å². The van der Waals surface area contributed by atoms with Crippen molar-refractivity contribution in [2.24, 2.45) is 7.05 Å². The lowest BCUT2D eigenvalue weighted by molar-refractivity contribution is 0.0937. The molecule has 1 heterocycles. The van der Waals surface area contributed by atoms with Crippen LogP contribution in [0, 0.1) is 11.6 Å². The third-order valence-corrected chi connectivity index (χ3v) is 6.27. The van der Waals surface area contributed by atoms with Gasteiger partial charge in [-0.3, -0.25) is 4.79 Å². The first-order valence-corrected chi connectivity index (χ1v) is 12.0. The molecule has 1 atom stereocenters. The molecular weight excluding hydrogens is 470 g/mol. The molecule has 0 fully saturated rings. The summed E-state index contributed by atoms with van der Waals surface area (Å²) < 4.78 is 34.0. The van der Waals surface area contributed by atoms with E-state index in [0.29, 0.717) is 40.2 Å². The normalized spacial score (nSPS) is 11.8. The maximum absolute atomic E-state index is 13.6. The highest BCUT2D eigenvalue weighted by atomic mass is 32.2. The zero-order chi connectivity index (χ0) is 24.8. The summed E-state index contributed by atoms with van der Waals surface area (Å²) in [6.45, 7) is 2.26. The summed E-state index contributed by atoms with van der Waals surface area (Å²) in [5.41, 5.74) is 1.92. The topological polar surface area (TPSA) is 69.0 Å². The van der Waals surface area contributed by atoms with Crippen molar-refractivity contribution < 1.29 is 18.3 Å². The zero-order valence-corrected chi connectivity index (χ0v) is 20.1. The summed E-state index contributed by atoms with van der Waals surface area (Å²) in [4.78, 5) is 12.9. The van der Waals surface area contributed by atoms with Gasteiger partial charge in [0.15, 0.2) is 11.0 Å². The second kappa shape index (κ2) is 11.1. The molecule has 0 aliphatic rings. The van der Waals surface area contributed by atoms with Gasteiger partial charge in [-0.05, 0) is 66.6 Å². The first kappa shape index (κ1) is 24.4. The minimum Gasteiger partial charge on any atom is -0.493 e. The molecule has 0 saturated carbocycles. The highest BCUT2D eigenvalue weighted by molar-refractivity contribution is 7.99. The van der Waals surface area contributed by atoms with E-state index in [4.69, 9.17) is 4.74 Å². The Kier molecular flexibility index (Phi) is 7.77. The summed E-state index contributed by atoms with van der Waals surface area (Å²) in [5.74, 6) is 0.935. The SMILES string of the molecule is C[C@H](NC(=O)c1cccc(-c2cccc(F)c2)c1)c1nnc(SCCOc2ccc(F)cc2)n1C. The monoisotopic (exact) mass is 494 g/mol. The van der Waals surface area contributed by atoms with Crippen molar-refractivity contribution in [2.75, 3.05) is 12.4 Å². The molecule has 0 saturated heterocycles. The number of hydrogen-bond donors (Lipinski definition) is 1. The average Bonchev–Trinajstić information content (AvgIpc) is 3.23. The number of nitrogens with one attached hydrogen (secondary N) is 1. The third kappa shape index (κ3) is 6.24. The van der Waals surface area contributed by atoms with Crippen molar-refractivity contribution in [1.29, 1.82) is 0 Å². The number of rotatable bonds is 9. The van der Waals surface area contributed by atoms with Crippen molar-refractivity contribution in [1.82, 2.24) is 20.1 Å². The van der Waals surface area contributed by atoms with E-state index >= 15 is 0 Å². The molecule has 0 spiro atoms. The van der Waals surface area contributed by atoms with Crippen molar-refractivity contribution in [2.45, 2.75) is 18.1 Å². The van der Waals surface area contributed by atoms with E-state index < -0.39 is 0 Å². The first-order chi connectivity index (χ1) is 16.9. The second-order valence-corrected chi connectivity index (χ2v) is 8.90. The molecule has 1 amide bonds. The second-order valence-electron chi connectivity index (χ2n) is 7.84. The molecule has 4 rings (SSSR count). The molecule has 35 heavy (non-hydrogen) atoms. The predicted octanol–water partition coefficient (Wildman–Crippen LogP) is 5.42. The zero-order valence-electron chi connectivity index (χ0n) is 19.2. The van der Waals surface area contributed by atoms with E-state index in [1.54, 1.807) is 42.5 Å². The summed E-state index contributed by atoms with van der Waals surface area (Å²) in [6, 6.07) is 18.8. The molecule has 9 heteroatoms. The van der Waals surface area contributed by atoms with E-state index in [2.05, 4.69) is 15.5 Å². The van der Waals surface area contributed by atoms with Crippen LogP contribution < -0.4 is 10.1 Å². The Morgan fingerprint density at radius 2 is 1.71 bits per heavy atom. The van der Waals surface area contributed by atoms with Crippen LogP contribution in [0.1, 0.15) is 29.1 Å². The Morgan fingerprint density at radius 1 is 1.00 bits per heavy atom. The van der Waals surface area contributed by atoms with Gasteiger partial charge in [0.25, 0.3) is 5.91 Å². The fourth-order valence-electron chi connectivity index (χ4n) is 3.50. The summed E-state index contributed by atoms with van der Waals surface area (Å²) in [5, 5.41) is 12.1. The quantitative estimate of drug-likeness (QED) is 0.249. The van der Waals surface area contributed by atoms with Crippen LogP contribution in [-0.4, -0.2) is 33.0 Å². The van der Waals surface area contributed by atoms with Gasteiger partial charge in [-0.25, -0.2) is 8.78 Å². The highest BCUT2D eigenvalue weighted by Gasteiger charge is 2.19. The lowest BCUT2D eigenvalue weighted by atomic mass is 10.0. The number of carbonyl (C=O) groups excluding carboxylic acids is 1. The first-order valence-electron chi connectivity index (χ1n) is 11.0. The molecule has 0 bridgehead atoms. The van der Waals surface area contributed by atoms with Gasteiger partial charge in [0.05, 0.1) is 12.6 Å². The molecule has 6 nitrogen and oxygen atoms in total. The van der Waals surface area contributed by atoms with E-state index in [0.717, 1.165) is 5.56 Å². The predicted molar refractivity (Wildman–Crippen MR) is 131 cm³/mol. The number of aromatic nitrogens is 3. The maximum atomic E-state index is 13.6. The Labute approximate surface area is 206 Å². The lowest BCUT2D eigenvalue weighted by Gasteiger charge is -2.14. The fraction of sp³-hybridized carbons (Fsp3) is 0.192. The number of nitrogens with zero attached hydrogens (tertiary/aromatic N) is 3. The van der Waals surface area contributed by atoms with E-state index in [1.807, 2.05) is 24.6 Å². The molecule has 4 aromatic rings. The highest BCUT2D eigenvalue weighted by Crippen LogP contribution is 2.23. The Balaban J connectivity index is 1.34. The van der Waals surface area contributed by atoms with Crippen LogP contribution in [0.25, 0.3) is 11.1 Å². The third-order valence-electron chi connectivity index (χ3n) is 5.28. The maximum Gasteiger partial charge on any atom is 0.251 e. The summed E-state index contributed by atoms with van der Waals surface area (Å²) in [6.07, 6.45) is 0. The number of amides is 1. The molecular formula is C26H24F2N4O2S. The number of carbonyl (C=O) groups is 1. The van der Waals surface area contributed by atoms with Crippen molar-refractivity contribution in [3.63, 3.8) is 0 Å². The lowest BCUT2D eigenvalue weighted by Crippen LogP contribution is -2.28. The number of halogens is 2. The summed E-state index contributed by atoms with van der Waals surface area (Å²) in [7, 11) is 1.84. The molecule has 1 aromatic heterocycles. The Morgan fingerprint density at radius 3 is 2.46 bits per heavy atom. The smallest absolute Gasteiger partial charge is 0.251 e. The fourth-order valence-corrected chi connectivity index (χ4v) is 4.24. The van der Waals surface area contributed by atoms with Crippen LogP contribution in [0.5, 0.6) is 5.75 Å². The van der Waals surface area contributed by atoms with Crippen LogP contribution >= 0.6 is 11.8 Å². The molecule has 0 aliphatic heterocycles. The van der Waals surface area contributed by atoms with E-state index in [-0.39, 0.29) is 23.6 Å². The Bertz CT molecular complexity index is 1310. The van der Waals surface area contributed by atoms with Crippen LogP contribution in [0.15, 0.2) is 78.0 Å². The van der Waals surface area contributed by atoms with Gasteiger partial charge in [-0.15, -0.1) is 10.2 Å². The van der Waals surface area contributed by atoms with Gasteiger partial charge in [0.1, 0.15) is 17.4 Å². The molecule has 3 aromatic carbocycles. The van der Waals surface area contributed by atoms with Crippen LogP contribution in [0.4, 0.5) is 8.78 Å². The van der Waals surface area contributed by atoms with Gasteiger partial charge < -0.3 is 14.6 Å².